The zero-order valence-corrected chi connectivity index (χ0v) is 11.5. The summed E-state index contributed by atoms with van der Waals surface area (Å²) in [6, 6.07) is 2.60. The minimum Gasteiger partial charge on any atom is -0.354 e. The highest BCUT2D eigenvalue weighted by atomic mass is 35.5. The molecule has 0 aliphatic carbocycles. The van der Waals surface area contributed by atoms with Crippen molar-refractivity contribution in [3.05, 3.63) is 17.0 Å². The maximum Gasteiger partial charge on any atom is 0.134 e. The van der Waals surface area contributed by atoms with Gasteiger partial charge in [0, 0.05) is 38.2 Å². The topological polar surface area (TPSA) is 32.3 Å². The van der Waals surface area contributed by atoms with E-state index >= 15 is 0 Å². The highest BCUT2D eigenvalue weighted by Gasteiger charge is 2.31. The van der Waals surface area contributed by atoms with Crippen LogP contribution < -0.4 is 4.90 Å². The summed E-state index contributed by atoms with van der Waals surface area (Å²) in [6.45, 7) is 6.60. The summed E-state index contributed by atoms with van der Waals surface area (Å²) < 4.78 is 0. The Labute approximate surface area is 113 Å². The van der Waals surface area contributed by atoms with E-state index in [0.29, 0.717) is 11.2 Å². The normalized spacial score (nSPS) is 24.3. The van der Waals surface area contributed by atoms with Gasteiger partial charge in [-0.3, -0.25) is 4.90 Å². The van der Waals surface area contributed by atoms with Crippen LogP contribution in [0.4, 0.5) is 5.82 Å². The first-order chi connectivity index (χ1) is 8.76. The Kier molecular flexibility index (Phi) is 3.39. The molecule has 3 heterocycles. The van der Waals surface area contributed by atoms with Crippen molar-refractivity contribution in [3.8, 4) is 0 Å². The lowest BCUT2D eigenvalue weighted by Crippen LogP contribution is -2.50. The van der Waals surface area contributed by atoms with Gasteiger partial charge in [-0.25, -0.2) is 9.97 Å². The van der Waals surface area contributed by atoms with Gasteiger partial charge in [-0.05, 0) is 19.4 Å². The summed E-state index contributed by atoms with van der Waals surface area (Å²) >= 11 is 6.07. The van der Waals surface area contributed by atoms with E-state index in [2.05, 4.69) is 26.7 Å². The molecule has 0 spiro atoms. The summed E-state index contributed by atoms with van der Waals surface area (Å²) in [6.07, 6.45) is 3.48. The van der Waals surface area contributed by atoms with E-state index in [9.17, 15) is 0 Å². The van der Waals surface area contributed by atoms with E-state index in [4.69, 9.17) is 11.6 Å². The van der Waals surface area contributed by atoms with Gasteiger partial charge < -0.3 is 4.90 Å². The van der Waals surface area contributed by atoms with Crippen LogP contribution in [0.3, 0.4) is 0 Å². The number of anilines is 1. The minimum absolute atomic E-state index is 0.561. The third-order valence-corrected chi connectivity index (χ3v) is 4.15. The predicted octanol–water partition coefficient (Wildman–Crippen LogP) is 1.98. The molecule has 2 aliphatic rings. The molecule has 0 radical (unpaired) electrons. The van der Waals surface area contributed by atoms with E-state index in [1.165, 1.54) is 19.4 Å². The lowest BCUT2D eigenvalue weighted by Gasteiger charge is -2.38. The van der Waals surface area contributed by atoms with Gasteiger partial charge in [0.25, 0.3) is 0 Å². The van der Waals surface area contributed by atoms with Crippen molar-refractivity contribution < 1.29 is 0 Å². The van der Waals surface area contributed by atoms with Crippen LogP contribution >= 0.6 is 11.6 Å². The molecular weight excluding hydrogens is 248 g/mol. The molecular formula is C13H19ClN4. The van der Waals surface area contributed by atoms with Crippen LogP contribution in [0.25, 0.3) is 0 Å². The van der Waals surface area contributed by atoms with E-state index in [1.54, 1.807) is 0 Å². The van der Waals surface area contributed by atoms with E-state index in [-0.39, 0.29) is 0 Å². The molecule has 0 N–H and O–H groups in total. The van der Waals surface area contributed by atoms with E-state index < -0.39 is 0 Å². The van der Waals surface area contributed by atoms with Crippen molar-refractivity contribution in [2.45, 2.75) is 32.2 Å². The number of fused-ring (bicyclic) bond motifs is 1. The SMILES string of the molecule is CCc1nc(Cl)cc(N2CCN3CCCC3C2)n1. The first-order valence-electron chi connectivity index (χ1n) is 6.78. The van der Waals surface area contributed by atoms with Gasteiger partial charge in [0.05, 0.1) is 0 Å². The summed E-state index contributed by atoms with van der Waals surface area (Å²) in [5.74, 6) is 1.84. The van der Waals surface area contributed by atoms with Crippen LogP contribution in [-0.4, -0.2) is 47.1 Å². The Morgan fingerprint density at radius 2 is 2.22 bits per heavy atom. The summed E-state index contributed by atoms with van der Waals surface area (Å²) in [5.41, 5.74) is 0. The van der Waals surface area contributed by atoms with Gasteiger partial charge in [-0.15, -0.1) is 0 Å². The lowest BCUT2D eigenvalue weighted by atomic mass is 10.1. The van der Waals surface area contributed by atoms with Crippen LogP contribution in [-0.2, 0) is 6.42 Å². The number of hydrogen-bond acceptors (Lipinski definition) is 4. The molecule has 98 valence electrons. The monoisotopic (exact) mass is 266 g/mol. The molecule has 2 aliphatic heterocycles. The average molecular weight is 267 g/mol. The Bertz CT molecular complexity index is 437. The van der Waals surface area contributed by atoms with E-state index in [1.807, 2.05) is 6.07 Å². The number of piperazine rings is 1. The largest absolute Gasteiger partial charge is 0.354 e. The number of rotatable bonds is 2. The molecule has 1 aromatic rings. The smallest absolute Gasteiger partial charge is 0.134 e. The molecule has 2 fully saturated rings. The second-order valence-electron chi connectivity index (χ2n) is 5.10. The second-order valence-corrected chi connectivity index (χ2v) is 5.48. The number of hydrogen-bond donors (Lipinski definition) is 0. The molecule has 1 aromatic heterocycles. The zero-order chi connectivity index (χ0) is 12.5. The first kappa shape index (κ1) is 12.2. The number of halogens is 1. The Balaban J connectivity index is 1.80. The van der Waals surface area contributed by atoms with Crippen molar-refractivity contribution in [2.75, 3.05) is 31.1 Å². The number of nitrogens with zero attached hydrogens (tertiary/aromatic N) is 4. The van der Waals surface area contributed by atoms with Crippen LogP contribution in [0.5, 0.6) is 0 Å². The maximum absolute atomic E-state index is 6.07. The number of aromatic nitrogens is 2. The van der Waals surface area contributed by atoms with Gasteiger partial charge >= 0.3 is 0 Å². The van der Waals surface area contributed by atoms with Crippen LogP contribution in [0.15, 0.2) is 6.07 Å². The molecule has 2 saturated heterocycles. The third kappa shape index (κ3) is 2.31. The molecule has 18 heavy (non-hydrogen) atoms. The first-order valence-corrected chi connectivity index (χ1v) is 7.16. The van der Waals surface area contributed by atoms with E-state index in [0.717, 1.165) is 37.7 Å². The molecule has 0 bridgehead atoms. The van der Waals surface area contributed by atoms with Crippen molar-refractivity contribution >= 4 is 17.4 Å². The maximum atomic E-state index is 6.07. The Morgan fingerprint density at radius 3 is 3.06 bits per heavy atom. The molecule has 0 saturated carbocycles. The molecule has 3 rings (SSSR count). The van der Waals surface area contributed by atoms with Crippen molar-refractivity contribution in [3.63, 3.8) is 0 Å². The summed E-state index contributed by atoms with van der Waals surface area (Å²) in [7, 11) is 0. The molecule has 1 atom stereocenters. The quantitative estimate of drug-likeness (QED) is 0.767. The molecule has 5 heteroatoms. The van der Waals surface area contributed by atoms with Gasteiger partial charge in [-0.1, -0.05) is 18.5 Å². The predicted molar refractivity (Wildman–Crippen MR) is 73.2 cm³/mol. The third-order valence-electron chi connectivity index (χ3n) is 3.96. The minimum atomic E-state index is 0.561. The standard InChI is InChI=1S/C13H19ClN4/c1-2-12-15-11(14)8-13(16-12)18-7-6-17-5-3-4-10(17)9-18/h8,10H,2-7,9H2,1H3. The second kappa shape index (κ2) is 5.02. The fourth-order valence-corrected chi connectivity index (χ4v) is 3.17. The van der Waals surface area contributed by atoms with Crippen molar-refractivity contribution in [1.29, 1.82) is 0 Å². The fourth-order valence-electron chi connectivity index (χ4n) is 2.97. The Hall–Kier alpha value is -0.870. The zero-order valence-electron chi connectivity index (χ0n) is 10.8. The molecule has 0 amide bonds. The molecule has 4 nitrogen and oxygen atoms in total. The highest BCUT2D eigenvalue weighted by Crippen LogP contribution is 2.25. The van der Waals surface area contributed by atoms with Gasteiger partial charge in [-0.2, -0.15) is 0 Å². The van der Waals surface area contributed by atoms with Gasteiger partial charge in [0.1, 0.15) is 16.8 Å². The lowest BCUT2D eigenvalue weighted by molar-refractivity contribution is 0.230. The van der Waals surface area contributed by atoms with Gasteiger partial charge in [0.15, 0.2) is 0 Å². The summed E-state index contributed by atoms with van der Waals surface area (Å²) in [4.78, 5) is 13.8. The molecule has 1 unspecified atom stereocenters. The molecule has 0 aromatic carbocycles. The summed E-state index contributed by atoms with van der Waals surface area (Å²) in [5, 5.41) is 0.561. The van der Waals surface area contributed by atoms with Crippen LogP contribution in [0.1, 0.15) is 25.6 Å². The van der Waals surface area contributed by atoms with Crippen LogP contribution in [0, 0.1) is 0 Å². The van der Waals surface area contributed by atoms with Gasteiger partial charge in [0.2, 0.25) is 0 Å². The van der Waals surface area contributed by atoms with Crippen molar-refractivity contribution in [1.82, 2.24) is 14.9 Å². The highest BCUT2D eigenvalue weighted by molar-refractivity contribution is 6.29. The van der Waals surface area contributed by atoms with Crippen molar-refractivity contribution in [2.24, 2.45) is 0 Å². The fraction of sp³-hybridized carbons (Fsp3) is 0.692. The Morgan fingerprint density at radius 1 is 1.33 bits per heavy atom. The number of aryl methyl sites for hydroxylation is 1. The van der Waals surface area contributed by atoms with Crippen LogP contribution in [0.2, 0.25) is 5.15 Å². The average Bonchev–Trinajstić information content (AvgIpc) is 2.85.